The Bertz CT molecular complexity index is 528. The molecule has 0 amide bonds. The molecule has 2 aromatic rings. The first-order chi connectivity index (χ1) is 8.90. The highest BCUT2D eigenvalue weighted by molar-refractivity contribution is 5.85. The highest BCUT2D eigenvalue weighted by Crippen LogP contribution is 2.33. The minimum Gasteiger partial charge on any atom is -0.372 e. The molecule has 2 N–H and O–H groups in total. The Morgan fingerprint density at radius 3 is 2.95 bits per heavy atom. The maximum Gasteiger partial charge on any atom is 0.167 e. The van der Waals surface area contributed by atoms with E-state index < -0.39 is 0 Å². The molecule has 102 valence electrons. The summed E-state index contributed by atoms with van der Waals surface area (Å²) in [7, 11) is 0. The topological polar surface area (TPSA) is 61.3 Å². The lowest BCUT2D eigenvalue weighted by atomic mass is 9.93. The van der Waals surface area contributed by atoms with Crippen LogP contribution >= 0.6 is 12.4 Å². The van der Waals surface area contributed by atoms with Crippen molar-refractivity contribution >= 4 is 12.4 Å². The normalized spacial score (nSPS) is 18.3. The van der Waals surface area contributed by atoms with Crippen LogP contribution in [0.3, 0.4) is 0 Å². The number of aromatic nitrogens is 1. The Hall–Kier alpha value is -1.36. The number of hydrogen-bond acceptors (Lipinski definition) is 4. The first-order valence-electron chi connectivity index (χ1n) is 6.24. The van der Waals surface area contributed by atoms with Gasteiger partial charge >= 0.3 is 0 Å². The second-order valence-corrected chi connectivity index (χ2v) is 4.45. The second kappa shape index (κ2) is 6.19. The van der Waals surface area contributed by atoms with E-state index in [1.54, 1.807) is 6.20 Å². The number of fused-ring (bicyclic) bond motifs is 1. The summed E-state index contributed by atoms with van der Waals surface area (Å²) < 4.78 is 11.1. The van der Waals surface area contributed by atoms with Gasteiger partial charge in [-0.05, 0) is 24.0 Å². The van der Waals surface area contributed by atoms with Gasteiger partial charge in [-0.2, -0.15) is 0 Å². The molecule has 0 saturated carbocycles. The maximum absolute atomic E-state index is 5.80. The van der Waals surface area contributed by atoms with E-state index in [0.29, 0.717) is 6.54 Å². The van der Waals surface area contributed by atoms with Gasteiger partial charge in [0.15, 0.2) is 5.76 Å². The smallest absolute Gasteiger partial charge is 0.167 e. The van der Waals surface area contributed by atoms with Gasteiger partial charge in [0.2, 0.25) is 0 Å². The van der Waals surface area contributed by atoms with Gasteiger partial charge < -0.3 is 15.0 Å². The molecule has 0 unspecified atom stereocenters. The lowest BCUT2D eigenvalue weighted by Gasteiger charge is -2.17. The van der Waals surface area contributed by atoms with Gasteiger partial charge in [-0.3, -0.25) is 0 Å². The lowest BCUT2D eigenvalue weighted by Crippen LogP contribution is -2.16. The molecular formula is C14H17ClN2O2. The Morgan fingerprint density at radius 2 is 2.21 bits per heavy atom. The van der Waals surface area contributed by atoms with Gasteiger partial charge in [0, 0.05) is 24.8 Å². The zero-order valence-electron chi connectivity index (χ0n) is 10.5. The number of nitrogens with zero attached hydrogens (tertiary/aromatic N) is 1. The number of ether oxygens (including phenoxy) is 1. The van der Waals surface area contributed by atoms with Crippen molar-refractivity contribution in [3.8, 4) is 11.3 Å². The van der Waals surface area contributed by atoms with Crippen LogP contribution in [-0.4, -0.2) is 18.3 Å². The SMILES string of the molecule is Cl.NC[C@H]1OCCCc2c(-c3ccno3)cccc21. The third-order valence-corrected chi connectivity index (χ3v) is 3.37. The molecule has 0 radical (unpaired) electrons. The molecule has 1 aromatic carbocycles. The number of benzene rings is 1. The fourth-order valence-corrected chi connectivity index (χ4v) is 2.53. The molecular weight excluding hydrogens is 264 g/mol. The highest BCUT2D eigenvalue weighted by atomic mass is 35.5. The van der Waals surface area contributed by atoms with Crippen LogP contribution in [-0.2, 0) is 11.2 Å². The third kappa shape index (κ3) is 2.66. The van der Waals surface area contributed by atoms with E-state index >= 15 is 0 Å². The molecule has 4 nitrogen and oxygen atoms in total. The van der Waals surface area contributed by atoms with Crippen LogP contribution in [0.4, 0.5) is 0 Å². The van der Waals surface area contributed by atoms with Crippen LogP contribution < -0.4 is 5.73 Å². The first-order valence-corrected chi connectivity index (χ1v) is 6.24. The predicted octanol–water partition coefficient (Wildman–Crippen LogP) is 2.73. The summed E-state index contributed by atoms with van der Waals surface area (Å²) in [5.74, 6) is 0.810. The maximum atomic E-state index is 5.80. The van der Waals surface area contributed by atoms with Crippen LogP contribution in [0.1, 0.15) is 23.7 Å². The van der Waals surface area contributed by atoms with Crippen molar-refractivity contribution in [2.24, 2.45) is 5.73 Å². The molecule has 5 heteroatoms. The summed E-state index contributed by atoms with van der Waals surface area (Å²) in [6.45, 7) is 1.26. The van der Waals surface area contributed by atoms with E-state index in [4.69, 9.17) is 15.0 Å². The standard InChI is InChI=1S/C14H16N2O2.ClH/c15-9-14-12-4-1-3-11(13-6-7-16-18-13)10(12)5-2-8-17-14;/h1,3-4,6-7,14H,2,5,8-9,15H2;1H/t14-;/m1./s1. The molecule has 1 aromatic heterocycles. The van der Waals surface area contributed by atoms with Crippen molar-refractivity contribution in [1.29, 1.82) is 0 Å². The van der Waals surface area contributed by atoms with Gasteiger partial charge in [0.25, 0.3) is 0 Å². The lowest BCUT2D eigenvalue weighted by molar-refractivity contribution is 0.0627. The molecule has 0 aliphatic carbocycles. The fraction of sp³-hybridized carbons (Fsp3) is 0.357. The number of rotatable bonds is 2. The van der Waals surface area contributed by atoms with Crippen molar-refractivity contribution in [3.63, 3.8) is 0 Å². The van der Waals surface area contributed by atoms with Crippen LogP contribution in [0.5, 0.6) is 0 Å². The van der Waals surface area contributed by atoms with E-state index in [1.807, 2.05) is 12.1 Å². The van der Waals surface area contributed by atoms with Crippen molar-refractivity contribution in [2.45, 2.75) is 18.9 Å². The summed E-state index contributed by atoms with van der Waals surface area (Å²) in [6, 6.07) is 8.07. The van der Waals surface area contributed by atoms with E-state index in [9.17, 15) is 0 Å². The summed E-state index contributed by atoms with van der Waals surface area (Å²) in [6.07, 6.45) is 3.66. The van der Waals surface area contributed by atoms with Gasteiger partial charge in [-0.25, -0.2) is 0 Å². The Morgan fingerprint density at radius 1 is 1.32 bits per heavy atom. The summed E-state index contributed by atoms with van der Waals surface area (Å²) in [5.41, 5.74) is 9.36. The largest absolute Gasteiger partial charge is 0.372 e. The van der Waals surface area contributed by atoms with Gasteiger partial charge in [0.1, 0.15) is 0 Å². The molecule has 0 bridgehead atoms. The molecule has 1 atom stereocenters. The molecule has 19 heavy (non-hydrogen) atoms. The Balaban J connectivity index is 0.00000133. The molecule has 1 aliphatic rings. The summed E-state index contributed by atoms with van der Waals surface area (Å²) in [4.78, 5) is 0. The van der Waals surface area contributed by atoms with Crippen LogP contribution in [0.2, 0.25) is 0 Å². The quantitative estimate of drug-likeness (QED) is 0.919. The Labute approximate surface area is 118 Å². The Kier molecular flexibility index (Phi) is 4.58. The zero-order valence-corrected chi connectivity index (χ0v) is 11.4. The summed E-state index contributed by atoms with van der Waals surface area (Å²) >= 11 is 0. The number of hydrogen-bond donors (Lipinski definition) is 1. The van der Waals surface area contributed by atoms with Crippen molar-refractivity contribution in [1.82, 2.24) is 5.16 Å². The number of halogens is 1. The number of nitrogens with two attached hydrogens (primary N) is 1. The van der Waals surface area contributed by atoms with Crippen LogP contribution in [0, 0.1) is 0 Å². The molecule has 3 rings (SSSR count). The molecule has 0 fully saturated rings. The van der Waals surface area contributed by atoms with E-state index in [-0.39, 0.29) is 18.5 Å². The predicted molar refractivity (Wildman–Crippen MR) is 75.3 cm³/mol. The van der Waals surface area contributed by atoms with E-state index in [0.717, 1.165) is 30.8 Å². The molecule has 0 saturated heterocycles. The van der Waals surface area contributed by atoms with E-state index in [1.165, 1.54) is 11.1 Å². The molecule has 1 aliphatic heterocycles. The average Bonchev–Trinajstić information content (AvgIpc) is 2.85. The van der Waals surface area contributed by atoms with Crippen LogP contribution in [0.25, 0.3) is 11.3 Å². The van der Waals surface area contributed by atoms with Crippen LogP contribution in [0.15, 0.2) is 35.0 Å². The van der Waals surface area contributed by atoms with Crippen molar-refractivity contribution < 1.29 is 9.26 Å². The average molecular weight is 281 g/mol. The minimum absolute atomic E-state index is 0. The van der Waals surface area contributed by atoms with Gasteiger partial charge in [-0.1, -0.05) is 23.4 Å². The monoisotopic (exact) mass is 280 g/mol. The van der Waals surface area contributed by atoms with Gasteiger partial charge in [-0.15, -0.1) is 12.4 Å². The van der Waals surface area contributed by atoms with Gasteiger partial charge in [0.05, 0.1) is 12.3 Å². The molecule has 2 heterocycles. The zero-order chi connectivity index (χ0) is 12.4. The third-order valence-electron chi connectivity index (χ3n) is 3.37. The second-order valence-electron chi connectivity index (χ2n) is 4.45. The fourth-order valence-electron chi connectivity index (χ4n) is 2.53. The molecule has 0 spiro atoms. The highest BCUT2D eigenvalue weighted by Gasteiger charge is 2.21. The first kappa shape index (κ1) is 14.1. The van der Waals surface area contributed by atoms with Crippen molar-refractivity contribution in [2.75, 3.05) is 13.2 Å². The van der Waals surface area contributed by atoms with Crippen molar-refractivity contribution in [3.05, 3.63) is 41.6 Å². The summed E-state index contributed by atoms with van der Waals surface area (Å²) in [5, 5.41) is 3.78. The minimum atomic E-state index is -0.00892. The van der Waals surface area contributed by atoms with E-state index in [2.05, 4.69) is 17.3 Å².